The van der Waals surface area contributed by atoms with Crippen molar-refractivity contribution >= 4 is 11.8 Å². The Morgan fingerprint density at radius 3 is 2.91 bits per heavy atom. The van der Waals surface area contributed by atoms with Crippen LogP contribution < -0.4 is 10.6 Å². The minimum absolute atomic E-state index is 0.0658. The van der Waals surface area contributed by atoms with E-state index in [0.717, 1.165) is 19.5 Å². The number of nitrogens with one attached hydrogen (secondary N) is 3. The third-order valence-corrected chi connectivity index (χ3v) is 3.90. The van der Waals surface area contributed by atoms with Crippen molar-refractivity contribution in [2.45, 2.75) is 46.2 Å². The maximum absolute atomic E-state index is 12.1. The predicted octanol–water partition coefficient (Wildman–Crippen LogP) is -0.0341. The van der Waals surface area contributed by atoms with Gasteiger partial charge in [-0.15, -0.1) is 0 Å². The van der Waals surface area contributed by atoms with E-state index < -0.39 is 6.04 Å². The fourth-order valence-corrected chi connectivity index (χ4v) is 2.57. The third kappa shape index (κ3) is 5.31. The van der Waals surface area contributed by atoms with Crippen LogP contribution in [0.3, 0.4) is 0 Å². The van der Waals surface area contributed by atoms with Crippen LogP contribution in [0.25, 0.3) is 0 Å². The standard InChI is InChI=1S/C15H26N6O2/c1-10(2)4-6-21-7-5-16-15(23)12(21)8-14(22)17-9-13-18-11(3)19-20-13/h10,12H,4-9H2,1-3H3,(H,16,23)(H,17,22)(H,18,19,20). The topological polar surface area (TPSA) is 103 Å². The molecule has 1 atom stereocenters. The molecule has 1 fully saturated rings. The molecular formula is C15H26N6O2. The molecule has 23 heavy (non-hydrogen) atoms. The number of amides is 2. The monoisotopic (exact) mass is 322 g/mol. The molecule has 1 unspecified atom stereocenters. The number of aryl methyl sites for hydroxylation is 1. The van der Waals surface area contributed by atoms with Gasteiger partial charge in [0, 0.05) is 13.1 Å². The molecule has 0 radical (unpaired) electrons. The van der Waals surface area contributed by atoms with Crippen molar-refractivity contribution in [2.24, 2.45) is 5.92 Å². The summed E-state index contributed by atoms with van der Waals surface area (Å²) >= 11 is 0. The summed E-state index contributed by atoms with van der Waals surface area (Å²) in [7, 11) is 0. The minimum atomic E-state index is -0.392. The lowest BCUT2D eigenvalue weighted by molar-refractivity contribution is -0.134. The summed E-state index contributed by atoms with van der Waals surface area (Å²) in [5, 5.41) is 12.3. The van der Waals surface area contributed by atoms with Crippen molar-refractivity contribution in [3.63, 3.8) is 0 Å². The van der Waals surface area contributed by atoms with Crippen molar-refractivity contribution in [1.82, 2.24) is 30.7 Å². The highest BCUT2D eigenvalue weighted by Gasteiger charge is 2.31. The molecule has 0 bridgehead atoms. The minimum Gasteiger partial charge on any atom is -0.353 e. The SMILES string of the molecule is Cc1nc(CNC(=O)CC2C(=O)NCCN2CCC(C)C)n[nH]1. The fraction of sp³-hybridized carbons (Fsp3) is 0.733. The van der Waals surface area contributed by atoms with E-state index in [-0.39, 0.29) is 24.8 Å². The van der Waals surface area contributed by atoms with Crippen molar-refractivity contribution in [2.75, 3.05) is 19.6 Å². The van der Waals surface area contributed by atoms with Gasteiger partial charge in [0.1, 0.15) is 5.82 Å². The number of aromatic amines is 1. The van der Waals surface area contributed by atoms with E-state index in [1.807, 2.05) is 0 Å². The van der Waals surface area contributed by atoms with Gasteiger partial charge in [0.2, 0.25) is 11.8 Å². The van der Waals surface area contributed by atoms with Crippen LogP contribution >= 0.6 is 0 Å². The Balaban J connectivity index is 1.86. The number of piperazine rings is 1. The normalized spacial score (nSPS) is 19.0. The second kappa shape index (κ2) is 8.05. The number of rotatable bonds is 7. The quantitative estimate of drug-likeness (QED) is 0.654. The molecular weight excluding hydrogens is 296 g/mol. The Labute approximate surface area is 136 Å². The van der Waals surface area contributed by atoms with Gasteiger partial charge in [-0.1, -0.05) is 13.8 Å². The first-order valence-electron chi connectivity index (χ1n) is 8.12. The molecule has 0 aliphatic carbocycles. The third-order valence-electron chi connectivity index (χ3n) is 3.90. The van der Waals surface area contributed by atoms with Gasteiger partial charge in [-0.05, 0) is 25.8 Å². The molecule has 2 rings (SSSR count). The summed E-state index contributed by atoms with van der Waals surface area (Å²) in [6.45, 7) is 8.65. The number of carbonyl (C=O) groups is 2. The Kier molecular flexibility index (Phi) is 6.09. The van der Waals surface area contributed by atoms with E-state index in [0.29, 0.717) is 24.1 Å². The van der Waals surface area contributed by atoms with Crippen LogP contribution in [0.5, 0.6) is 0 Å². The zero-order valence-electron chi connectivity index (χ0n) is 14.1. The Morgan fingerprint density at radius 1 is 1.48 bits per heavy atom. The maximum Gasteiger partial charge on any atom is 0.237 e. The van der Waals surface area contributed by atoms with Gasteiger partial charge in [-0.25, -0.2) is 4.98 Å². The molecule has 3 N–H and O–H groups in total. The highest BCUT2D eigenvalue weighted by molar-refractivity contribution is 5.88. The maximum atomic E-state index is 12.1. The highest BCUT2D eigenvalue weighted by Crippen LogP contribution is 2.12. The molecule has 1 aromatic heterocycles. The van der Waals surface area contributed by atoms with Crippen LogP contribution in [0.15, 0.2) is 0 Å². The molecule has 2 heterocycles. The average Bonchev–Trinajstić information content (AvgIpc) is 2.91. The van der Waals surface area contributed by atoms with Gasteiger partial charge >= 0.3 is 0 Å². The first kappa shape index (κ1) is 17.4. The lowest BCUT2D eigenvalue weighted by Crippen LogP contribution is -2.56. The molecule has 1 aromatic rings. The van der Waals surface area contributed by atoms with Gasteiger partial charge in [0.15, 0.2) is 5.82 Å². The molecule has 0 saturated carbocycles. The van der Waals surface area contributed by atoms with Crippen molar-refractivity contribution < 1.29 is 9.59 Å². The van der Waals surface area contributed by atoms with Crippen LogP contribution in [0, 0.1) is 12.8 Å². The van der Waals surface area contributed by atoms with E-state index >= 15 is 0 Å². The molecule has 8 nitrogen and oxygen atoms in total. The molecule has 8 heteroatoms. The second-order valence-corrected chi connectivity index (χ2v) is 6.34. The van der Waals surface area contributed by atoms with Crippen LogP contribution in [0.2, 0.25) is 0 Å². The fourth-order valence-electron chi connectivity index (χ4n) is 2.57. The number of aromatic nitrogens is 3. The van der Waals surface area contributed by atoms with Gasteiger partial charge in [-0.2, -0.15) is 5.10 Å². The molecule has 0 aromatic carbocycles. The van der Waals surface area contributed by atoms with E-state index in [1.165, 1.54) is 0 Å². The summed E-state index contributed by atoms with van der Waals surface area (Å²) in [5.74, 6) is 1.60. The smallest absolute Gasteiger partial charge is 0.237 e. The molecule has 1 saturated heterocycles. The first-order valence-corrected chi connectivity index (χ1v) is 8.12. The van der Waals surface area contributed by atoms with Gasteiger partial charge in [0.25, 0.3) is 0 Å². The number of hydrogen-bond donors (Lipinski definition) is 3. The molecule has 128 valence electrons. The summed E-state index contributed by atoms with van der Waals surface area (Å²) in [6, 6.07) is -0.392. The first-order chi connectivity index (χ1) is 11.0. The average molecular weight is 322 g/mol. The lowest BCUT2D eigenvalue weighted by Gasteiger charge is -2.35. The van der Waals surface area contributed by atoms with Gasteiger partial charge in [0.05, 0.1) is 19.0 Å². The Bertz CT molecular complexity index is 542. The highest BCUT2D eigenvalue weighted by atomic mass is 16.2. The molecule has 2 amide bonds. The van der Waals surface area contributed by atoms with Crippen LogP contribution in [-0.2, 0) is 16.1 Å². The summed E-state index contributed by atoms with van der Waals surface area (Å²) in [6.07, 6.45) is 1.18. The predicted molar refractivity (Wildman–Crippen MR) is 85.4 cm³/mol. The van der Waals surface area contributed by atoms with E-state index in [9.17, 15) is 9.59 Å². The molecule has 0 spiro atoms. The number of carbonyl (C=O) groups excluding carboxylic acids is 2. The summed E-state index contributed by atoms with van der Waals surface area (Å²) in [5.41, 5.74) is 0. The lowest BCUT2D eigenvalue weighted by atomic mass is 10.1. The summed E-state index contributed by atoms with van der Waals surface area (Å²) < 4.78 is 0. The largest absolute Gasteiger partial charge is 0.353 e. The van der Waals surface area contributed by atoms with Crippen LogP contribution in [0.4, 0.5) is 0 Å². The van der Waals surface area contributed by atoms with Crippen LogP contribution in [-0.4, -0.2) is 57.6 Å². The molecule has 1 aliphatic heterocycles. The Hall–Kier alpha value is -1.96. The van der Waals surface area contributed by atoms with Crippen LogP contribution in [0.1, 0.15) is 38.3 Å². The van der Waals surface area contributed by atoms with Gasteiger partial charge in [-0.3, -0.25) is 19.6 Å². The van der Waals surface area contributed by atoms with E-state index in [4.69, 9.17) is 0 Å². The molecule has 1 aliphatic rings. The van der Waals surface area contributed by atoms with E-state index in [2.05, 4.69) is 44.6 Å². The zero-order valence-corrected chi connectivity index (χ0v) is 14.1. The zero-order chi connectivity index (χ0) is 16.8. The number of hydrogen-bond acceptors (Lipinski definition) is 5. The van der Waals surface area contributed by atoms with E-state index in [1.54, 1.807) is 6.92 Å². The van der Waals surface area contributed by atoms with Crippen molar-refractivity contribution in [3.8, 4) is 0 Å². The van der Waals surface area contributed by atoms with Gasteiger partial charge < -0.3 is 10.6 Å². The second-order valence-electron chi connectivity index (χ2n) is 6.34. The van der Waals surface area contributed by atoms with Crippen molar-refractivity contribution in [3.05, 3.63) is 11.6 Å². The number of H-pyrrole nitrogens is 1. The number of nitrogens with zero attached hydrogens (tertiary/aromatic N) is 3. The summed E-state index contributed by atoms with van der Waals surface area (Å²) in [4.78, 5) is 30.5. The Morgan fingerprint density at radius 2 is 2.26 bits per heavy atom. The van der Waals surface area contributed by atoms with Crippen molar-refractivity contribution in [1.29, 1.82) is 0 Å².